The fraction of sp³-hybridized carbons (Fsp3) is 0.727. The van der Waals surface area contributed by atoms with Crippen molar-refractivity contribution < 1.29 is 4.43 Å². The van der Waals surface area contributed by atoms with Crippen molar-refractivity contribution in [3.05, 3.63) is 27.7 Å². The molecule has 0 N–H and O–H groups in total. The van der Waals surface area contributed by atoms with E-state index in [-0.39, 0.29) is 5.41 Å². The highest BCUT2D eigenvalue weighted by atomic mass is 79.9. The molecule has 1 nitrogen and oxygen atoms in total. The first-order chi connectivity index (χ1) is 11.7. The highest BCUT2D eigenvalue weighted by molar-refractivity contribution is 9.10. The van der Waals surface area contributed by atoms with Gasteiger partial charge in [-0.15, -0.1) is 0 Å². The van der Waals surface area contributed by atoms with Crippen LogP contribution in [0, 0.1) is 17.8 Å². The zero-order chi connectivity index (χ0) is 18.0. The Hall–Kier alpha value is -0.283. The molecule has 0 aromatic heterocycles. The standard InChI is InChI=1S/C22H33BrOSi/c1-21(2,3)17-6-7-18(23)20(24-25(4)5)19(17)22-11-14-8-15(12-22)10-16(9-14)13-22/h6-7,14-16,25H,8-13H2,1-5H3. The number of halogens is 1. The maximum absolute atomic E-state index is 6.59. The Bertz CT molecular complexity index is 638. The third-order valence-corrected chi connectivity index (χ3v) is 8.17. The minimum absolute atomic E-state index is 0.163. The van der Waals surface area contributed by atoms with Crippen LogP contribution in [0.3, 0.4) is 0 Å². The van der Waals surface area contributed by atoms with E-state index >= 15 is 0 Å². The second-order valence-corrected chi connectivity index (χ2v) is 13.6. The van der Waals surface area contributed by atoms with Gasteiger partial charge in [0, 0.05) is 11.0 Å². The predicted octanol–water partition coefficient (Wildman–Crippen LogP) is 6.58. The average Bonchev–Trinajstić information content (AvgIpc) is 2.46. The summed E-state index contributed by atoms with van der Waals surface area (Å²) in [6.45, 7) is 11.7. The highest BCUT2D eigenvalue weighted by Gasteiger charge is 2.53. The first-order valence-electron chi connectivity index (χ1n) is 10.2. The minimum atomic E-state index is -1.16. The van der Waals surface area contributed by atoms with E-state index < -0.39 is 9.04 Å². The second-order valence-electron chi connectivity index (χ2n) is 10.4. The molecule has 1 aromatic rings. The number of hydrogen-bond acceptors (Lipinski definition) is 1. The molecule has 25 heavy (non-hydrogen) atoms. The van der Waals surface area contributed by atoms with Crippen LogP contribution >= 0.6 is 15.9 Å². The van der Waals surface area contributed by atoms with Gasteiger partial charge in [-0.1, -0.05) is 26.8 Å². The number of hydrogen-bond donors (Lipinski definition) is 0. The summed E-state index contributed by atoms with van der Waals surface area (Å²) < 4.78 is 7.77. The first kappa shape index (κ1) is 18.1. The van der Waals surface area contributed by atoms with E-state index in [1.165, 1.54) is 54.3 Å². The van der Waals surface area contributed by atoms with E-state index in [2.05, 4.69) is 61.9 Å². The molecule has 4 saturated carbocycles. The molecule has 0 radical (unpaired) electrons. The summed E-state index contributed by atoms with van der Waals surface area (Å²) in [7, 11) is -1.16. The molecule has 0 spiro atoms. The van der Waals surface area contributed by atoms with Crippen molar-refractivity contribution >= 4 is 25.0 Å². The van der Waals surface area contributed by atoms with E-state index in [1.807, 2.05) is 0 Å². The van der Waals surface area contributed by atoms with Gasteiger partial charge in [0.05, 0.1) is 4.47 Å². The summed E-state index contributed by atoms with van der Waals surface area (Å²) in [4.78, 5) is 0. The summed E-state index contributed by atoms with van der Waals surface area (Å²) in [6.07, 6.45) is 8.67. The lowest BCUT2D eigenvalue weighted by Crippen LogP contribution is -2.49. The molecule has 0 amide bonds. The Labute approximate surface area is 163 Å². The fourth-order valence-electron chi connectivity index (χ4n) is 6.48. The molecule has 0 heterocycles. The first-order valence-corrected chi connectivity index (χ1v) is 13.8. The minimum Gasteiger partial charge on any atom is -0.546 e. The van der Waals surface area contributed by atoms with Gasteiger partial charge in [-0.2, -0.15) is 0 Å². The van der Waals surface area contributed by atoms with E-state index in [4.69, 9.17) is 4.43 Å². The van der Waals surface area contributed by atoms with Crippen LogP contribution in [0.4, 0.5) is 0 Å². The Balaban J connectivity index is 1.91. The molecule has 4 bridgehead atoms. The maximum atomic E-state index is 6.59. The quantitative estimate of drug-likeness (QED) is 0.501. The van der Waals surface area contributed by atoms with Crippen LogP contribution in [0.2, 0.25) is 13.1 Å². The average molecular weight is 421 g/mol. The molecule has 5 rings (SSSR count). The summed E-state index contributed by atoms with van der Waals surface area (Å²) >= 11 is 3.85. The lowest BCUT2D eigenvalue weighted by atomic mass is 9.47. The van der Waals surface area contributed by atoms with Crippen LogP contribution in [0.25, 0.3) is 0 Å². The van der Waals surface area contributed by atoms with Crippen LogP contribution in [-0.4, -0.2) is 9.04 Å². The maximum Gasteiger partial charge on any atom is 0.229 e. The van der Waals surface area contributed by atoms with Crippen molar-refractivity contribution in [3.8, 4) is 5.75 Å². The second kappa shape index (κ2) is 6.12. The Morgan fingerprint density at radius 3 is 1.96 bits per heavy atom. The summed E-state index contributed by atoms with van der Waals surface area (Å²) in [6, 6.07) is 4.61. The topological polar surface area (TPSA) is 9.23 Å². The van der Waals surface area contributed by atoms with Gasteiger partial charge >= 0.3 is 0 Å². The van der Waals surface area contributed by atoms with Crippen molar-refractivity contribution in [1.82, 2.24) is 0 Å². The molecule has 1 aromatic carbocycles. The van der Waals surface area contributed by atoms with Gasteiger partial charge in [0.1, 0.15) is 5.75 Å². The molecule has 0 saturated heterocycles. The molecule has 0 unspecified atom stereocenters. The SMILES string of the molecule is C[SiH](C)Oc1c(Br)ccc(C(C)(C)C)c1C12CC3CC(CC(C3)C1)C2. The van der Waals surface area contributed by atoms with Crippen molar-refractivity contribution in [2.45, 2.75) is 83.2 Å². The third kappa shape index (κ3) is 3.14. The van der Waals surface area contributed by atoms with Gasteiger partial charge in [-0.25, -0.2) is 0 Å². The van der Waals surface area contributed by atoms with Crippen molar-refractivity contribution in [2.24, 2.45) is 17.8 Å². The molecule has 138 valence electrons. The molecule has 4 fully saturated rings. The molecule has 0 aliphatic heterocycles. The van der Waals surface area contributed by atoms with E-state index in [9.17, 15) is 0 Å². The zero-order valence-corrected chi connectivity index (χ0v) is 19.2. The molecule has 0 atom stereocenters. The van der Waals surface area contributed by atoms with Gasteiger partial charge in [0.15, 0.2) is 0 Å². The summed E-state index contributed by atoms with van der Waals surface area (Å²) in [5, 5.41) is 0. The van der Waals surface area contributed by atoms with Crippen LogP contribution in [-0.2, 0) is 10.8 Å². The lowest BCUT2D eigenvalue weighted by Gasteiger charge is -2.58. The highest BCUT2D eigenvalue weighted by Crippen LogP contribution is 2.63. The molecular formula is C22H33BrOSi. The van der Waals surface area contributed by atoms with Crippen molar-refractivity contribution in [3.63, 3.8) is 0 Å². The van der Waals surface area contributed by atoms with Gasteiger partial charge in [0.25, 0.3) is 0 Å². The van der Waals surface area contributed by atoms with Crippen molar-refractivity contribution in [1.29, 1.82) is 0 Å². The van der Waals surface area contributed by atoms with Crippen LogP contribution in [0.1, 0.15) is 70.4 Å². The summed E-state index contributed by atoms with van der Waals surface area (Å²) in [5.74, 6) is 4.09. The van der Waals surface area contributed by atoms with Crippen molar-refractivity contribution in [2.75, 3.05) is 0 Å². The van der Waals surface area contributed by atoms with E-state index in [0.717, 1.165) is 17.8 Å². The molecular weight excluding hydrogens is 388 g/mol. The zero-order valence-electron chi connectivity index (χ0n) is 16.5. The predicted molar refractivity (Wildman–Crippen MR) is 112 cm³/mol. The van der Waals surface area contributed by atoms with Crippen LogP contribution in [0.15, 0.2) is 16.6 Å². The number of rotatable bonds is 3. The third-order valence-electron chi connectivity index (χ3n) is 6.84. The Kier molecular flexibility index (Phi) is 4.43. The molecule has 4 aliphatic carbocycles. The van der Waals surface area contributed by atoms with Crippen LogP contribution < -0.4 is 4.43 Å². The van der Waals surface area contributed by atoms with E-state index in [1.54, 1.807) is 5.56 Å². The lowest BCUT2D eigenvalue weighted by molar-refractivity contribution is -0.00661. The molecule has 4 aliphatic rings. The Morgan fingerprint density at radius 2 is 1.52 bits per heavy atom. The smallest absolute Gasteiger partial charge is 0.229 e. The van der Waals surface area contributed by atoms with Crippen LogP contribution in [0.5, 0.6) is 5.75 Å². The fourth-order valence-corrected chi connectivity index (χ4v) is 7.79. The molecule has 3 heteroatoms. The van der Waals surface area contributed by atoms with E-state index in [0.29, 0.717) is 5.41 Å². The normalized spacial score (nSPS) is 34.0. The summed E-state index contributed by atoms with van der Waals surface area (Å²) in [5.41, 5.74) is 3.66. The van der Waals surface area contributed by atoms with Gasteiger partial charge in [-0.3, -0.25) is 0 Å². The van der Waals surface area contributed by atoms with Gasteiger partial charge < -0.3 is 4.43 Å². The van der Waals surface area contributed by atoms with Gasteiger partial charge in [-0.05, 0) is 102 Å². The monoisotopic (exact) mass is 420 g/mol. The van der Waals surface area contributed by atoms with Gasteiger partial charge in [0.2, 0.25) is 9.04 Å². The number of benzene rings is 1. The Morgan fingerprint density at radius 1 is 1.00 bits per heavy atom. The largest absolute Gasteiger partial charge is 0.546 e.